The van der Waals surface area contributed by atoms with E-state index in [-0.39, 0.29) is 19.3 Å². The molecule has 0 amide bonds. The van der Waals surface area contributed by atoms with Gasteiger partial charge in [0, 0.05) is 0 Å². The summed E-state index contributed by atoms with van der Waals surface area (Å²) >= 11 is 0. The highest BCUT2D eigenvalue weighted by Gasteiger charge is 2.74. The lowest BCUT2D eigenvalue weighted by atomic mass is 9.52. The monoisotopic (exact) mass is 528 g/mol. The molecule has 0 saturated carbocycles. The molecule has 216 valence electrons. The highest BCUT2D eigenvalue weighted by Crippen LogP contribution is 2.54. The number of carbonyl (C=O) groups is 4. The number of rotatable bonds is 21. The first-order valence-electron chi connectivity index (χ1n) is 14.0. The average Bonchev–Trinajstić information content (AvgIpc) is 2.76. The zero-order valence-corrected chi connectivity index (χ0v) is 24.1. The summed E-state index contributed by atoms with van der Waals surface area (Å²) < 4.78 is 0. The molecule has 0 aromatic carbocycles. The summed E-state index contributed by atoms with van der Waals surface area (Å²) in [6.07, 6.45) is 3.88. The van der Waals surface area contributed by atoms with Crippen LogP contribution in [0, 0.1) is 28.6 Å². The first-order chi connectivity index (χ1) is 17.0. The van der Waals surface area contributed by atoms with Crippen LogP contribution in [0.1, 0.15) is 126 Å². The van der Waals surface area contributed by atoms with Crippen LogP contribution in [0.3, 0.4) is 0 Å². The molecular weight excluding hydrogens is 476 g/mol. The van der Waals surface area contributed by atoms with E-state index in [9.17, 15) is 39.6 Å². The third-order valence-electron chi connectivity index (χ3n) is 7.85. The maximum atomic E-state index is 13.1. The lowest BCUT2D eigenvalue weighted by molar-refractivity contribution is -0.223. The van der Waals surface area contributed by atoms with E-state index in [2.05, 4.69) is 0 Å². The smallest absolute Gasteiger partial charge is 0.338 e. The summed E-state index contributed by atoms with van der Waals surface area (Å²) in [5.41, 5.74) is -8.45. The summed E-state index contributed by atoms with van der Waals surface area (Å²) in [4.78, 5) is 51.8. The molecule has 2 unspecified atom stereocenters. The van der Waals surface area contributed by atoms with E-state index in [0.29, 0.717) is 49.9 Å². The Kier molecular flexibility index (Phi) is 14.6. The number of carboxylic acids is 3. The zero-order valence-electron chi connectivity index (χ0n) is 24.1. The summed E-state index contributed by atoms with van der Waals surface area (Å²) in [5.74, 6) is -5.35. The van der Waals surface area contributed by atoms with Gasteiger partial charge in [-0.05, 0) is 43.9 Å². The molecule has 0 bridgehead atoms. The molecule has 0 radical (unpaired) electrons. The van der Waals surface area contributed by atoms with E-state index >= 15 is 0 Å². The summed E-state index contributed by atoms with van der Waals surface area (Å²) in [6, 6.07) is 0. The number of aliphatic hydroxyl groups is 1. The molecule has 0 heterocycles. The lowest BCUT2D eigenvalue weighted by Gasteiger charge is -2.50. The number of carbonyl (C=O) groups excluding carboxylic acids is 1. The Bertz CT molecular complexity index is 725. The van der Waals surface area contributed by atoms with E-state index in [1.165, 1.54) is 0 Å². The summed E-state index contributed by atoms with van der Waals surface area (Å²) in [7, 11) is 0. The van der Waals surface area contributed by atoms with Gasteiger partial charge in [0.1, 0.15) is 5.41 Å². The lowest BCUT2D eigenvalue weighted by Crippen LogP contribution is -2.71. The van der Waals surface area contributed by atoms with Crippen LogP contribution in [0.4, 0.5) is 0 Å². The first-order valence-corrected chi connectivity index (χ1v) is 14.0. The molecule has 0 fully saturated rings. The molecule has 0 spiro atoms. The number of Topliss-reactive ketones (excluding diaryl/α,β-unsaturated/α-hetero) is 1. The minimum Gasteiger partial charge on any atom is -0.481 e. The Morgan fingerprint density at radius 3 is 1.16 bits per heavy atom. The van der Waals surface area contributed by atoms with Gasteiger partial charge < -0.3 is 20.4 Å². The fraction of sp³-hybridized carbons (Fsp3) is 0.862. The van der Waals surface area contributed by atoms with Crippen molar-refractivity contribution >= 4 is 23.7 Å². The highest BCUT2D eigenvalue weighted by molar-refractivity contribution is 6.10. The Labute approximate surface area is 223 Å². The fourth-order valence-electron chi connectivity index (χ4n) is 5.58. The van der Waals surface area contributed by atoms with Crippen LogP contribution in [0.25, 0.3) is 0 Å². The molecule has 4 N–H and O–H groups in total. The number of hydrogen-bond acceptors (Lipinski definition) is 5. The van der Waals surface area contributed by atoms with Gasteiger partial charge in [0.05, 0.1) is 0 Å². The maximum Gasteiger partial charge on any atom is 0.338 e. The zero-order chi connectivity index (χ0) is 29.0. The quantitative estimate of drug-likeness (QED) is 0.102. The molecule has 0 aliphatic carbocycles. The Hall–Kier alpha value is -1.96. The van der Waals surface area contributed by atoms with Gasteiger partial charge in [-0.25, -0.2) is 4.79 Å². The minimum absolute atomic E-state index is 0.177. The molecule has 0 saturated heterocycles. The Morgan fingerprint density at radius 2 is 0.919 bits per heavy atom. The summed E-state index contributed by atoms with van der Waals surface area (Å²) in [6.45, 7) is 13.0. The fourth-order valence-corrected chi connectivity index (χ4v) is 5.58. The van der Waals surface area contributed by atoms with Gasteiger partial charge in [-0.15, -0.1) is 0 Å². The molecule has 0 aliphatic rings. The van der Waals surface area contributed by atoms with Gasteiger partial charge in [-0.3, -0.25) is 14.4 Å². The Balaban J connectivity index is 6.90. The SMILES string of the molecule is CC(=O)C(CCCCC(C)C)(C(=O)O)C(O)(C(=O)O)C(CCCCC(C)C)(CCCCC(C)C)C(=O)O. The number of aliphatic carboxylic acids is 3. The van der Waals surface area contributed by atoms with Crippen molar-refractivity contribution in [1.82, 2.24) is 0 Å². The third kappa shape index (κ3) is 8.52. The van der Waals surface area contributed by atoms with Crippen molar-refractivity contribution in [3.05, 3.63) is 0 Å². The van der Waals surface area contributed by atoms with Crippen molar-refractivity contribution in [2.24, 2.45) is 28.6 Å². The molecule has 0 aromatic heterocycles. The number of carboxylic acid groups (broad SMARTS) is 3. The third-order valence-corrected chi connectivity index (χ3v) is 7.85. The van der Waals surface area contributed by atoms with Crippen LogP contribution < -0.4 is 0 Å². The molecular formula is C29H52O8. The predicted octanol–water partition coefficient (Wildman–Crippen LogP) is 6.18. The molecule has 2 atom stereocenters. The number of unbranched alkanes of at least 4 members (excludes halogenated alkanes) is 3. The molecule has 0 rings (SSSR count). The van der Waals surface area contributed by atoms with Crippen molar-refractivity contribution in [2.45, 2.75) is 131 Å². The second-order valence-electron chi connectivity index (χ2n) is 12.1. The van der Waals surface area contributed by atoms with Crippen molar-refractivity contribution in [1.29, 1.82) is 0 Å². The van der Waals surface area contributed by atoms with Gasteiger partial charge in [0.25, 0.3) is 0 Å². The van der Waals surface area contributed by atoms with E-state index in [0.717, 1.165) is 26.2 Å². The van der Waals surface area contributed by atoms with Crippen LogP contribution in [0.15, 0.2) is 0 Å². The van der Waals surface area contributed by atoms with Crippen LogP contribution in [-0.4, -0.2) is 49.7 Å². The van der Waals surface area contributed by atoms with Gasteiger partial charge in [-0.1, -0.05) is 99.3 Å². The van der Waals surface area contributed by atoms with Gasteiger partial charge in [0.2, 0.25) is 5.60 Å². The van der Waals surface area contributed by atoms with Crippen LogP contribution in [0.5, 0.6) is 0 Å². The van der Waals surface area contributed by atoms with Crippen molar-refractivity contribution in [2.75, 3.05) is 0 Å². The minimum atomic E-state index is -3.32. The molecule has 8 heteroatoms. The number of ketones is 1. The van der Waals surface area contributed by atoms with E-state index in [4.69, 9.17) is 0 Å². The molecule has 37 heavy (non-hydrogen) atoms. The van der Waals surface area contributed by atoms with Crippen molar-refractivity contribution < 1.29 is 39.6 Å². The molecule has 0 aromatic rings. The second kappa shape index (κ2) is 15.5. The normalized spacial score (nSPS) is 15.5. The van der Waals surface area contributed by atoms with E-state index in [1.54, 1.807) is 0 Å². The largest absolute Gasteiger partial charge is 0.481 e. The second-order valence-corrected chi connectivity index (χ2v) is 12.1. The van der Waals surface area contributed by atoms with E-state index in [1.807, 2.05) is 41.5 Å². The maximum absolute atomic E-state index is 13.1. The first kappa shape index (κ1) is 35.0. The Morgan fingerprint density at radius 1 is 0.568 bits per heavy atom. The van der Waals surface area contributed by atoms with Gasteiger partial charge >= 0.3 is 17.9 Å². The molecule has 8 nitrogen and oxygen atoms in total. The molecule has 0 aliphatic heterocycles. The van der Waals surface area contributed by atoms with Crippen LogP contribution >= 0.6 is 0 Å². The van der Waals surface area contributed by atoms with Crippen LogP contribution in [-0.2, 0) is 19.2 Å². The van der Waals surface area contributed by atoms with Gasteiger partial charge in [-0.2, -0.15) is 0 Å². The average molecular weight is 529 g/mol. The van der Waals surface area contributed by atoms with Crippen LogP contribution in [0.2, 0.25) is 0 Å². The predicted molar refractivity (Wildman–Crippen MR) is 143 cm³/mol. The van der Waals surface area contributed by atoms with E-state index < -0.39 is 46.5 Å². The highest BCUT2D eigenvalue weighted by atomic mass is 16.4. The van der Waals surface area contributed by atoms with Crippen molar-refractivity contribution in [3.8, 4) is 0 Å². The topological polar surface area (TPSA) is 149 Å². The number of hydrogen-bond donors (Lipinski definition) is 4. The standard InChI is InChI=1S/C29H52O8/c1-20(2)14-8-11-17-27(24(31)32,18-12-9-15-21(3)4)29(37,26(35)36)28(23(7)30,25(33)34)19-13-10-16-22(5)6/h20-22,37H,8-19H2,1-7H3,(H,31,32)(H,33,34)(H,35,36). The van der Waals surface area contributed by atoms with Gasteiger partial charge in [0.15, 0.2) is 11.2 Å². The summed E-state index contributed by atoms with van der Waals surface area (Å²) in [5, 5.41) is 43.5. The van der Waals surface area contributed by atoms with Crippen molar-refractivity contribution in [3.63, 3.8) is 0 Å².